The van der Waals surface area contributed by atoms with Gasteiger partial charge >= 0.3 is 12.1 Å². The van der Waals surface area contributed by atoms with Crippen LogP contribution in [0.1, 0.15) is 24.0 Å². The molecule has 0 radical (unpaired) electrons. The largest absolute Gasteiger partial charge is 0.481 e. The monoisotopic (exact) mass is 351 g/mol. The molecule has 0 bridgehead atoms. The minimum Gasteiger partial charge on any atom is -0.481 e. The number of benzene rings is 1. The van der Waals surface area contributed by atoms with Gasteiger partial charge in [0.1, 0.15) is 0 Å². The zero-order valence-corrected chi connectivity index (χ0v) is 13.1. The fourth-order valence-corrected chi connectivity index (χ4v) is 4.06. The number of carboxylic acids is 1. The predicted molar refractivity (Wildman–Crippen MR) is 75.3 cm³/mol. The van der Waals surface area contributed by atoms with Gasteiger partial charge in [-0.1, -0.05) is 6.07 Å². The number of carbonyl (C=O) groups is 1. The van der Waals surface area contributed by atoms with Crippen molar-refractivity contribution in [2.75, 3.05) is 13.1 Å². The molecule has 0 spiro atoms. The maximum Gasteiger partial charge on any atom is 0.416 e. The van der Waals surface area contributed by atoms with Gasteiger partial charge in [-0.2, -0.15) is 17.5 Å². The van der Waals surface area contributed by atoms with Crippen molar-refractivity contribution in [2.24, 2.45) is 5.92 Å². The number of carboxylic acid groups (broad SMARTS) is 1. The zero-order valence-electron chi connectivity index (χ0n) is 12.3. The van der Waals surface area contributed by atoms with E-state index < -0.39 is 38.5 Å². The molecule has 0 aliphatic carbocycles. The van der Waals surface area contributed by atoms with E-state index in [1.807, 2.05) is 0 Å². The van der Waals surface area contributed by atoms with Crippen LogP contribution in [-0.4, -0.2) is 36.9 Å². The van der Waals surface area contributed by atoms with Gasteiger partial charge in [-0.15, -0.1) is 0 Å². The van der Waals surface area contributed by atoms with E-state index in [9.17, 15) is 26.4 Å². The summed E-state index contributed by atoms with van der Waals surface area (Å²) in [5.41, 5.74) is -1.04. The summed E-state index contributed by atoms with van der Waals surface area (Å²) in [6.45, 7) is 1.22. The molecule has 1 aliphatic heterocycles. The Kier molecular flexibility index (Phi) is 4.72. The fraction of sp³-hybridized carbons (Fsp3) is 0.500. The summed E-state index contributed by atoms with van der Waals surface area (Å²) in [4.78, 5) is 10.5. The third kappa shape index (κ3) is 3.66. The van der Waals surface area contributed by atoms with E-state index in [0.717, 1.165) is 16.4 Å². The lowest BCUT2D eigenvalue weighted by Crippen LogP contribution is -2.40. The van der Waals surface area contributed by atoms with Crippen molar-refractivity contribution in [1.29, 1.82) is 0 Å². The summed E-state index contributed by atoms with van der Waals surface area (Å²) < 4.78 is 64.7. The second kappa shape index (κ2) is 6.12. The van der Waals surface area contributed by atoms with E-state index in [2.05, 4.69) is 0 Å². The topological polar surface area (TPSA) is 74.7 Å². The van der Waals surface area contributed by atoms with Crippen molar-refractivity contribution in [1.82, 2.24) is 4.31 Å². The molecular formula is C14H16F3NO4S. The molecule has 1 aliphatic rings. The Morgan fingerprint density at radius 1 is 1.26 bits per heavy atom. The summed E-state index contributed by atoms with van der Waals surface area (Å²) in [6.07, 6.45) is -4.34. The maximum absolute atomic E-state index is 12.9. The second-order valence-corrected chi connectivity index (χ2v) is 7.43. The SMILES string of the molecule is Cc1ccc(S(=O)(=O)N2CCC(C(=O)O)CC2)cc1C(F)(F)F. The van der Waals surface area contributed by atoms with Gasteiger partial charge in [0.25, 0.3) is 0 Å². The number of alkyl halides is 3. The van der Waals surface area contributed by atoms with Gasteiger partial charge in [-0.05, 0) is 37.5 Å². The number of piperidine rings is 1. The highest BCUT2D eigenvalue weighted by atomic mass is 32.2. The van der Waals surface area contributed by atoms with Crippen LogP contribution in [0.25, 0.3) is 0 Å². The average molecular weight is 351 g/mol. The minimum absolute atomic E-state index is 0.0193. The van der Waals surface area contributed by atoms with Crippen LogP contribution < -0.4 is 0 Å². The lowest BCUT2D eigenvalue weighted by Gasteiger charge is -2.29. The molecule has 1 N–H and O–H groups in total. The van der Waals surface area contributed by atoms with Crippen molar-refractivity contribution < 1.29 is 31.5 Å². The summed E-state index contributed by atoms with van der Waals surface area (Å²) in [5.74, 6) is -1.61. The normalized spacial score (nSPS) is 18.1. The summed E-state index contributed by atoms with van der Waals surface area (Å²) >= 11 is 0. The predicted octanol–water partition coefficient (Wildman–Crippen LogP) is 2.50. The quantitative estimate of drug-likeness (QED) is 0.908. The van der Waals surface area contributed by atoms with Crippen LogP contribution in [0.3, 0.4) is 0 Å². The fourth-order valence-electron chi connectivity index (χ4n) is 2.56. The van der Waals surface area contributed by atoms with Gasteiger partial charge in [0, 0.05) is 13.1 Å². The molecule has 1 heterocycles. The Balaban J connectivity index is 2.29. The van der Waals surface area contributed by atoms with Gasteiger partial charge < -0.3 is 5.11 Å². The third-order valence-electron chi connectivity index (χ3n) is 3.96. The lowest BCUT2D eigenvalue weighted by molar-refractivity contribution is -0.143. The third-order valence-corrected chi connectivity index (χ3v) is 5.85. The van der Waals surface area contributed by atoms with Crippen molar-refractivity contribution in [2.45, 2.75) is 30.8 Å². The Morgan fingerprint density at radius 3 is 2.30 bits per heavy atom. The first-order chi connectivity index (χ1) is 10.5. The van der Waals surface area contributed by atoms with E-state index in [0.29, 0.717) is 6.07 Å². The molecule has 0 amide bonds. The lowest BCUT2D eigenvalue weighted by atomic mass is 9.99. The molecule has 0 atom stereocenters. The van der Waals surface area contributed by atoms with Crippen LogP contribution in [0.15, 0.2) is 23.1 Å². The number of hydrogen-bond donors (Lipinski definition) is 1. The second-order valence-electron chi connectivity index (χ2n) is 5.49. The van der Waals surface area contributed by atoms with Crippen LogP contribution in [0.5, 0.6) is 0 Å². The Hall–Kier alpha value is -1.61. The molecule has 9 heteroatoms. The minimum atomic E-state index is -4.63. The van der Waals surface area contributed by atoms with E-state index in [4.69, 9.17) is 5.11 Å². The molecule has 5 nitrogen and oxygen atoms in total. The smallest absolute Gasteiger partial charge is 0.416 e. The van der Waals surface area contributed by atoms with Crippen molar-refractivity contribution in [3.05, 3.63) is 29.3 Å². The highest BCUT2D eigenvalue weighted by molar-refractivity contribution is 7.89. The molecule has 1 saturated heterocycles. The van der Waals surface area contributed by atoms with Crippen molar-refractivity contribution >= 4 is 16.0 Å². The zero-order chi connectivity index (χ0) is 17.4. The number of nitrogens with zero attached hydrogens (tertiary/aromatic N) is 1. The van der Waals surface area contributed by atoms with Gasteiger partial charge in [-0.25, -0.2) is 8.42 Å². The van der Waals surface area contributed by atoms with Gasteiger partial charge in [0.15, 0.2) is 0 Å². The number of aryl methyl sites for hydroxylation is 1. The van der Waals surface area contributed by atoms with Crippen LogP contribution in [0.4, 0.5) is 13.2 Å². The van der Waals surface area contributed by atoms with Crippen LogP contribution in [0.2, 0.25) is 0 Å². The Labute approximate surface area is 131 Å². The van der Waals surface area contributed by atoms with E-state index >= 15 is 0 Å². The number of aliphatic carboxylic acids is 1. The number of rotatable bonds is 3. The van der Waals surface area contributed by atoms with E-state index in [1.54, 1.807) is 0 Å². The molecule has 2 rings (SSSR count). The number of halogens is 3. The molecule has 0 aromatic heterocycles. The van der Waals surface area contributed by atoms with Crippen LogP contribution in [-0.2, 0) is 21.0 Å². The van der Waals surface area contributed by atoms with Crippen LogP contribution in [0, 0.1) is 12.8 Å². The molecule has 0 saturated carbocycles. The molecule has 0 unspecified atom stereocenters. The highest BCUT2D eigenvalue weighted by Gasteiger charge is 2.36. The first-order valence-corrected chi connectivity index (χ1v) is 8.38. The number of sulfonamides is 1. The molecule has 128 valence electrons. The molecule has 1 fully saturated rings. The van der Waals surface area contributed by atoms with Crippen LogP contribution >= 0.6 is 0 Å². The molecule has 1 aromatic carbocycles. The number of hydrogen-bond acceptors (Lipinski definition) is 3. The summed E-state index contributed by atoms with van der Waals surface area (Å²) in [5, 5.41) is 8.91. The first-order valence-electron chi connectivity index (χ1n) is 6.94. The van der Waals surface area contributed by atoms with E-state index in [-0.39, 0.29) is 31.5 Å². The summed E-state index contributed by atoms with van der Waals surface area (Å²) in [6, 6.07) is 2.90. The Morgan fingerprint density at radius 2 is 1.83 bits per heavy atom. The molecular weight excluding hydrogens is 335 g/mol. The molecule has 23 heavy (non-hydrogen) atoms. The van der Waals surface area contributed by atoms with Crippen molar-refractivity contribution in [3.63, 3.8) is 0 Å². The highest BCUT2D eigenvalue weighted by Crippen LogP contribution is 2.34. The van der Waals surface area contributed by atoms with E-state index in [1.165, 1.54) is 6.92 Å². The van der Waals surface area contributed by atoms with Crippen molar-refractivity contribution in [3.8, 4) is 0 Å². The molecule has 1 aromatic rings. The standard InChI is InChI=1S/C14H16F3NO4S/c1-9-2-3-11(8-12(9)14(15,16)17)23(21,22)18-6-4-10(5-7-18)13(19)20/h2-3,8,10H,4-7H2,1H3,(H,19,20). The Bertz CT molecular complexity index is 707. The first kappa shape index (κ1) is 17.7. The van der Waals surface area contributed by atoms with Gasteiger partial charge in [-0.3, -0.25) is 4.79 Å². The average Bonchev–Trinajstić information content (AvgIpc) is 2.46. The maximum atomic E-state index is 12.9. The summed E-state index contributed by atoms with van der Waals surface area (Å²) in [7, 11) is -4.07. The van der Waals surface area contributed by atoms with Gasteiger partial charge in [0.05, 0.1) is 16.4 Å². The van der Waals surface area contributed by atoms with Gasteiger partial charge in [0.2, 0.25) is 10.0 Å².